The monoisotopic (exact) mass is 330 g/mol. The molecule has 0 atom stereocenters. The molecule has 24 heavy (non-hydrogen) atoms. The third kappa shape index (κ3) is 2.39. The largest absolute Gasteiger partial charge is 0.453 e. The molecule has 3 heterocycles. The van der Waals surface area contributed by atoms with Crippen LogP contribution in [0.3, 0.4) is 0 Å². The van der Waals surface area contributed by atoms with Crippen molar-refractivity contribution in [1.29, 1.82) is 0 Å². The summed E-state index contributed by atoms with van der Waals surface area (Å²) in [6.07, 6.45) is -1.44. The van der Waals surface area contributed by atoms with Crippen molar-refractivity contribution >= 4 is 5.65 Å². The lowest BCUT2D eigenvalue weighted by Crippen LogP contribution is -2.13. The van der Waals surface area contributed by atoms with E-state index in [0.29, 0.717) is 10.2 Å². The number of rotatable bonds is 2. The number of imidazole rings is 1. The molecule has 9 heteroatoms. The fourth-order valence-corrected chi connectivity index (χ4v) is 2.30. The van der Waals surface area contributed by atoms with Crippen molar-refractivity contribution in [3.05, 3.63) is 60.8 Å². The van der Waals surface area contributed by atoms with Crippen LogP contribution in [0, 0.1) is 0 Å². The lowest BCUT2D eigenvalue weighted by Gasteiger charge is -2.05. The molecule has 0 amide bonds. The summed E-state index contributed by atoms with van der Waals surface area (Å²) in [4.78, 5) is 4.26. The van der Waals surface area contributed by atoms with Crippen LogP contribution >= 0.6 is 0 Å². The first-order valence-corrected chi connectivity index (χ1v) is 6.92. The highest BCUT2D eigenvalue weighted by Crippen LogP contribution is 2.27. The Morgan fingerprint density at radius 3 is 2.46 bits per heavy atom. The van der Waals surface area contributed by atoms with Gasteiger partial charge < -0.3 is 0 Å². The van der Waals surface area contributed by atoms with Crippen LogP contribution in [0.5, 0.6) is 0 Å². The topological polar surface area (TPSA) is 60.9 Å². The smallest absolute Gasteiger partial charge is 0.288 e. The van der Waals surface area contributed by atoms with Crippen LogP contribution in [0.25, 0.3) is 22.7 Å². The van der Waals surface area contributed by atoms with Gasteiger partial charge in [-0.25, -0.2) is 4.98 Å². The average Bonchev–Trinajstić information content (AvgIpc) is 3.21. The van der Waals surface area contributed by atoms with Gasteiger partial charge in [-0.2, -0.15) is 17.7 Å². The third-order valence-corrected chi connectivity index (χ3v) is 3.42. The van der Waals surface area contributed by atoms with E-state index in [9.17, 15) is 13.2 Å². The van der Waals surface area contributed by atoms with E-state index in [1.165, 1.54) is 12.4 Å². The first-order valence-electron chi connectivity index (χ1n) is 6.92. The summed E-state index contributed by atoms with van der Waals surface area (Å²) in [5, 5.41) is 10.6. The van der Waals surface area contributed by atoms with Crippen LogP contribution in [0.1, 0.15) is 5.82 Å². The molecule has 0 N–H and O–H groups in total. The minimum absolute atomic E-state index is 0.0227. The fourth-order valence-electron chi connectivity index (χ4n) is 2.30. The van der Waals surface area contributed by atoms with Crippen LogP contribution in [-0.2, 0) is 6.18 Å². The molecule has 6 nitrogen and oxygen atoms in total. The van der Waals surface area contributed by atoms with Gasteiger partial charge in [-0.05, 0) is 12.1 Å². The molecular formula is C15H9F3N6. The molecule has 1 aromatic carbocycles. The average molecular weight is 330 g/mol. The summed E-state index contributed by atoms with van der Waals surface area (Å²) >= 11 is 0. The number of hydrogen-bond acceptors (Lipinski definition) is 4. The van der Waals surface area contributed by atoms with E-state index in [-0.39, 0.29) is 11.5 Å². The molecule has 3 aromatic heterocycles. The zero-order chi connectivity index (χ0) is 16.7. The number of halogens is 3. The van der Waals surface area contributed by atoms with Crippen LogP contribution in [-0.4, -0.2) is 29.4 Å². The van der Waals surface area contributed by atoms with Crippen molar-refractivity contribution < 1.29 is 13.2 Å². The molecule has 0 spiro atoms. The molecule has 0 bridgehead atoms. The van der Waals surface area contributed by atoms with Gasteiger partial charge in [-0.3, -0.25) is 4.57 Å². The lowest BCUT2D eigenvalue weighted by molar-refractivity contribution is -0.146. The molecule has 0 saturated carbocycles. The Morgan fingerprint density at radius 1 is 0.917 bits per heavy atom. The molecule has 0 aliphatic rings. The first kappa shape index (κ1) is 14.4. The Bertz CT molecular complexity index is 1000. The van der Waals surface area contributed by atoms with E-state index < -0.39 is 12.0 Å². The van der Waals surface area contributed by atoms with E-state index in [4.69, 9.17) is 0 Å². The normalized spacial score (nSPS) is 12.0. The number of aromatic nitrogens is 6. The lowest BCUT2D eigenvalue weighted by atomic mass is 10.2. The maximum absolute atomic E-state index is 12.9. The summed E-state index contributed by atoms with van der Waals surface area (Å²) in [6, 6.07) is 12.4. The van der Waals surface area contributed by atoms with Crippen LogP contribution in [0.15, 0.2) is 55.0 Å². The summed E-state index contributed by atoms with van der Waals surface area (Å²) in [7, 11) is 0. The van der Waals surface area contributed by atoms with Crippen LogP contribution in [0.2, 0.25) is 0 Å². The molecule has 0 radical (unpaired) electrons. The molecule has 0 fully saturated rings. The molecule has 4 rings (SSSR count). The van der Waals surface area contributed by atoms with Crippen molar-refractivity contribution in [3.8, 4) is 17.1 Å². The highest BCUT2D eigenvalue weighted by atomic mass is 19.4. The Labute approximate surface area is 133 Å². The van der Waals surface area contributed by atoms with Gasteiger partial charge in [-0.1, -0.05) is 30.3 Å². The molecule has 0 unspecified atom stereocenters. The van der Waals surface area contributed by atoms with Gasteiger partial charge in [0, 0.05) is 11.8 Å². The predicted molar refractivity (Wildman–Crippen MR) is 78.3 cm³/mol. The van der Waals surface area contributed by atoms with E-state index in [1.807, 2.05) is 30.3 Å². The Morgan fingerprint density at radius 2 is 1.71 bits per heavy atom. The van der Waals surface area contributed by atoms with Crippen molar-refractivity contribution in [2.45, 2.75) is 6.18 Å². The second kappa shape index (κ2) is 5.15. The minimum atomic E-state index is -4.63. The van der Waals surface area contributed by atoms with E-state index in [1.54, 1.807) is 16.8 Å². The number of alkyl halides is 3. The van der Waals surface area contributed by atoms with Crippen LogP contribution < -0.4 is 0 Å². The molecule has 0 aliphatic heterocycles. The molecule has 4 aromatic rings. The van der Waals surface area contributed by atoms with E-state index in [0.717, 1.165) is 5.56 Å². The number of nitrogens with zero attached hydrogens (tertiary/aromatic N) is 6. The zero-order valence-corrected chi connectivity index (χ0v) is 12.0. The fraction of sp³-hybridized carbons (Fsp3) is 0.0667. The zero-order valence-electron chi connectivity index (χ0n) is 12.0. The maximum atomic E-state index is 12.9. The Hall–Kier alpha value is -3.23. The summed E-state index contributed by atoms with van der Waals surface area (Å²) in [5.74, 6) is -0.884. The third-order valence-electron chi connectivity index (χ3n) is 3.42. The Kier molecular flexibility index (Phi) is 3.08. The molecule has 0 saturated heterocycles. The Balaban J connectivity index is 1.79. The SMILES string of the molecule is FC(F)(F)c1nnc2ccc(-n3cnc(-c4ccccc4)c3)nn12. The van der Waals surface area contributed by atoms with Gasteiger partial charge in [0.05, 0.1) is 5.69 Å². The van der Waals surface area contributed by atoms with Gasteiger partial charge in [0.15, 0.2) is 11.5 Å². The quantitative estimate of drug-likeness (QED) is 0.567. The van der Waals surface area contributed by atoms with Crippen molar-refractivity contribution in [2.24, 2.45) is 0 Å². The van der Waals surface area contributed by atoms with Gasteiger partial charge >= 0.3 is 6.18 Å². The van der Waals surface area contributed by atoms with Gasteiger partial charge in [0.2, 0.25) is 0 Å². The second-order valence-electron chi connectivity index (χ2n) is 5.02. The van der Waals surface area contributed by atoms with E-state index >= 15 is 0 Å². The van der Waals surface area contributed by atoms with Gasteiger partial charge in [-0.15, -0.1) is 15.3 Å². The number of hydrogen-bond donors (Lipinski definition) is 0. The summed E-state index contributed by atoms with van der Waals surface area (Å²) < 4.78 is 41.0. The second-order valence-corrected chi connectivity index (χ2v) is 5.02. The minimum Gasteiger partial charge on any atom is -0.288 e. The van der Waals surface area contributed by atoms with Crippen molar-refractivity contribution in [3.63, 3.8) is 0 Å². The summed E-state index contributed by atoms with van der Waals surface area (Å²) in [5.41, 5.74) is 1.62. The molecule has 120 valence electrons. The number of fused-ring (bicyclic) bond motifs is 1. The van der Waals surface area contributed by atoms with Gasteiger partial charge in [0.25, 0.3) is 5.82 Å². The van der Waals surface area contributed by atoms with Crippen LogP contribution in [0.4, 0.5) is 13.2 Å². The van der Waals surface area contributed by atoms with Gasteiger partial charge in [0.1, 0.15) is 6.33 Å². The standard InChI is InChI=1S/C15H9F3N6/c16-15(17,18)14-21-20-12-6-7-13(22-24(12)14)23-8-11(19-9-23)10-4-2-1-3-5-10/h1-9H. The van der Waals surface area contributed by atoms with Crippen molar-refractivity contribution in [2.75, 3.05) is 0 Å². The maximum Gasteiger partial charge on any atom is 0.453 e. The first-order chi connectivity index (χ1) is 11.5. The predicted octanol–water partition coefficient (Wildman–Crippen LogP) is 3.00. The number of benzene rings is 1. The molecule has 0 aliphatic carbocycles. The highest BCUT2D eigenvalue weighted by molar-refractivity contribution is 5.58. The highest BCUT2D eigenvalue weighted by Gasteiger charge is 2.37. The summed E-state index contributed by atoms with van der Waals surface area (Å²) in [6.45, 7) is 0. The molecular weight excluding hydrogens is 321 g/mol. The van der Waals surface area contributed by atoms with E-state index in [2.05, 4.69) is 20.3 Å². The van der Waals surface area contributed by atoms with Crippen molar-refractivity contribution in [1.82, 2.24) is 29.4 Å².